The highest BCUT2D eigenvalue weighted by molar-refractivity contribution is 5.67. The molecule has 0 aromatic heterocycles. The van der Waals surface area contributed by atoms with Crippen molar-refractivity contribution in [2.75, 3.05) is 0 Å². The molecule has 0 aromatic carbocycles. The highest BCUT2D eigenvalue weighted by Crippen LogP contribution is 2.34. The van der Waals surface area contributed by atoms with Crippen LogP contribution in [0.4, 0.5) is 0 Å². The van der Waals surface area contributed by atoms with E-state index in [1.165, 1.54) is 6.92 Å². The molecule has 0 amide bonds. The molecule has 0 bridgehead atoms. The van der Waals surface area contributed by atoms with Crippen LogP contribution in [0.15, 0.2) is 11.8 Å². The highest BCUT2D eigenvalue weighted by atomic mass is 16.5. The van der Waals surface area contributed by atoms with E-state index in [9.17, 15) is 4.79 Å². The molecule has 0 aliphatic heterocycles. The zero-order valence-corrected chi connectivity index (χ0v) is 8.02. The predicted octanol–water partition coefficient (Wildman–Crippen LogP) is 2.64. The molecular formula is C10H16O2. The average molecular weight is 168 g/mol. The fourth-order valence-electron chi connectivity index (χ4n) is 1.33. The molecule has 0 unspecified atom stereocenters. The normalized spacial score (nSPS) is 21.4. The lowest BCUT2D eigenvalue weighted by Gasteiger charge is -2.27. The maximum Gasteiger partial charge on any atom is 0.307 e. The van der Waals surface area contributed by atoms with Gasteiger partial charge in [-0.05, 0) is 24.3 Å². The van der Waals surface area contributed by atoms with E-state index in [0.29, 0.717) is 5.41 Å². The van der Waals surface area contributed by atoms with Gasteiger partial charge < -0.3 is 4.74 Å². The van der Waals surface area contributed by atoms with Crippen molar-refractivity contribution in [3.63, 3.8) is 0 Å². The molecule has 12 heavy (non-hydrogen) atoms. The maximum atomic E-state index is 10.6. The third-order valence-electron chi connectivity index (χ3n) is 2.21. The molecule has 2 nitrogen and oxygen atoms in total. The SMILES string of the molecule is CC(=O)OC1=CCC(C)(C)CC1. The van der Waals surface area contributed by atoms with Crippen LogP contribution in [0.1, 0.15) is 40.0 Å². The van der Waals surface area contributed by atoms with Gasteiger partial charge in [0.15, 0.2) is 0 Å². The van der Waals surface area contributed by atoms with Crippen LogP contribution in [0.25, 0.3) is 0 Å². The minimum absolute atomic E-state index is 0.207. The van der Waals surface area contributed by atoms with Crippen LogP contribution < -0.4 is 0 Å². The maximum absolute atomic E-state index is 10.6. The molecule has 2 heteroatoms. The van der Waals surface area contributed by atoms with E-state index in [-0.39, 0.29) is 5.97 Å². The molecule has 1 aliphatic rings. The Bertz CT molecular complexity index is 214. The van der Waals surface area contributed by atoms with E-state index in [1.54, 1.807) is 0 Å². The van der Waals surface area contributed by atoms with E-state index in [4.69, 9.17) is 4.74 Å². The molecule has 0 heterocycles. The molecule has 0 saturated heterocycles. The number of carbonyl (C=O) groups is 1. The molecule has 0 atom stereocenters. The number of carbonyl (C=O) groups excluding carboxylic acids is 1. The van der Waals surface area contributed by atoms with Crippen LogP contribution in [0.2, 0.25) is 0 Å². The number of hydrogen-bond donors (Lipinski definition) is 0. The van der Waals surface area contributed by atoms with Crippen molar-refractivity contribution in [1.82, 2.24) is 0 Å². The first-order valence-corrected chi connectivity index (χ1v) is 4.37. The van der Waals surface area contributed by atoms with Crippen LogP contribution in [0.3, 0.4) is 0 Å². The van der Waals surface area contributed by atoms with Crippen molar-refractivity contribution in [2.45, 2.75) is 40.0 Å². The van der Waals surface area contributed by atoms with Crippen molar-refractivity contribution >= 4 is 5.97 Å². The second kappa shape index (κ2) is 3.30. The summed E-state index contributed by atoms with van der Waals surface area (Å²) in [6, 6.07) is 0. The fraction of sp³-hybridized carbons (Fsp3) is 0.700. The van der Waals surface area contributed by atoms with Gasteiger partial charge in [-0.2, -0.15) is 0 Å². The smallest absolute Gasteiger partial charge is 0.307 e. The molecule has 0 saturated carbocycles. The Kier molecular flexibility index (Phi) is 2.55. The van der Waals surface area contributed by atoms with E-state index in [2.05, 4.69) is 13.8 Å². The van der Waals surface area contributed by atoms with Gasteiger partial charge in [0.1, 0.15) is 5.76 Å². The Balaban J connectivity index is 2.50. The summed E-state index contributed by atoms with van der Waals surface area (Å²) in [4.78, 5) is 10.6. The number of ether oxygens (including phenoxy) is 1. The molecular weight excluding hydrogens is 152 g/mol. The van der Waals surface area contributed by atoms with E-state index >= 15 is 0 Å². The molecule has 68 valence electrons. The first-order chi connectivity index (χ1) is 5.49. The minimum atomic E-state index is -0.207. The third-order valence-corrected chi connectivity index (χ3v) is 2.21. The van der Waals surface area contributed by atoms with Gasteiger partial charge in [-0.3, -0.25) is 4.79 Å². The molecule has 1 aliphatic carbocycles. The molecule has 0 spiro atoms. The summed E-state index contributed by atoms with van der Waals surface area (Å²) in [5.74, 6) is 0.641. The molecule has 0 N–H and O–H groups in total. The van der Waals surface area contributed by atoms with Crippen LogP contribution in [-0.4, -0.2) is 5.97 Å². The Labute approximate surface area is 73.6 Å². The van der Waals surface area contributed by atoms with E-state index in [0.717, 1.165) is 25.0 Å². The summed E-state index contributed by atoms with van der Waals surface area (Å²) < 4.78 is 5.01. The van der Waals surface area contributed by atoms with Gasteiger partial charge in [0, 0.05) is 13.3 Å². The first-order valence-electron chi connectivity index (χ1n) is 4.37. The minimum Gasteiger partial charge on any atom is -0.432 e. The van der Waals surface area contributed by atoms with E-state index < -0.39 is 0 Å². The van der Waals surface area contributed by atoms with Crippen LogP contribution in [0, 0.1) is 5.41 Å². The number of rotatable bonds is 1. The fourth-order valence-corrected chi connectivity index (χ4v) is 1.33. The topological polar surface area (TPSA) is 26.3 Å². The highest BCUT2D eigenvalue weighted by Gasteiger charge is 2.22. The lowest BCUT2D eigenvalue weighted by Crippen LogP contribution is -2.16. The molecule has 0 aromatic rings. The quantitative estimate of drug-likeness (QED) is 0.562. The number of allylic oxidation sites excluding steroid dienone is 2. The summed E-state index contributed by atoms with van der Waals surface area (Å²) >= 11 is 0. The molecule has 1 rings (SSSR count). The number of esters is 1. The molecule has 0 fully saturated rings. The van der Waals surface area contributed by atoms with Crippen molar-refractivity contribution in [2.24, 2.45) is 5.41 Å². The van der Waals surface area contributed by atoms with Gasteiger partial charge in [0.05, 0.1) is 0 Å². The standard InChI is InChI=1S/C10H16O2/c1-8(11)12-9-4-6-10(2,3)7-5-9/h4H,5-7H2,1-3H3. The summed E-state index contributed by atoms with van der Waals surface area (Å²) in [5, 5.41) is 0. The van der Waals surface area contributed by atoms with Crippen LogP contribution >= 0.6 is 0 Å². The summed E-state index contributed by atoms with van der Waals surface area (Å²) in [7, 11) is 0. The van der Waals surface area contributed by atoms with Crippen molar-refractivity contribution in [3.8, 4) is 0 Å². The summed E-state index contributed by atoms with van der Waals surface area (Å²) in [6.45, 7) is 5.91. The van der Waals surface area contributed by atoms with E-state index in [1.807, 2.05) is 6.08 Å². The zero-order valence-electron chi connectivity index (χ0n) is 8.02. The van der Waals surface area contributed by atoms with Gasteiger partial charge in [0.25, 0.3) is 0 Å². The lowest BCUT2D eigenvalue weighted by molar-refractivity contribution is -0.137. The monoisotopic (exact) mass is 168 g/mol. The van der Waals surface area contributed by atoms with Crippen molar-refractivity contribution in [3.05, 3.63) is 11.8 Å². The van der Waals surface area contributed by atoms with Crippen LogP contribution in [0.5, 0.6) is 0 Å². The van der Waals surface area contributed by atoms with Gasteiger partial charge in [-0.15, -0.1) is 0 Å². The summed E-state index contributed by atoms with van der Waals surface area (Å²) in [5.41, 5.74) is 0.379. The van der Waals surface area contributed by atoms with Crippen LogP contribution in [-0.2, 0) is 9.53 Å². The largest absolute Gasteiger partial charge is 0.432 e. The predicted molar refractivity (Wildman–Crippen MR) is 47.5 cm³/mol. The Hall–Kier alpha value is -0.790. The Morgan fingerprint density at radius 1 is 1.58 bits per heavy atom. The second-order valence-corrected chi connectivity index (χ2v) is 4.13. The first kappa shape index (κ1) is 9.30. The Morgan fingerprint density at radius 3 is 2.67 bits per heavy atom. The van der Waals surface area contributed by atoms with Gasteiger partial charge in [-0.25, -0.2) is 0 Å². The van der Waals surface area contributed by atoms with Crippen molar-refractivity contribution in [1.29, 1.82) is 0 Å². The summed E-state index contributed by atoms with van der Waals surface area (Å²) in [6.07, 6.45) is 5.04. The lowest BCUT2D eigenvalue weighted by atomic mass is 9.80. The third kappa shape index (κ3) is 2.68. The Morgan fingerprint density at radius 2 is 2.25 bits per heavy atom. The van der Waals surface area contributed by atoms with Gasteiger partial charge in [-0.1, -0.05) is 13.8 Å². The zero-order chi connectivity index (χ0) is 9.19. The average Bonchev–Trinajstić information content (AvgIpc) is 1.93. The molecule has 0 radical (unpaired) electrons. The van der Waals surface area contributed by atoms with Gasteiger partial charge in [0.2, 0.25) is 0 Å². The number of hydrogen-bond acceptors (Lipinski definition) is 2. The van der Waals surface area contributed by atoms with Crippen molar-refractivity contribution < 1.29 is 9.53 Å². The second-order valence-electron chi connectivity index (χ2n) is 4.13. The van der Waals surface area contributed by atoms with Gasteiger partial charge >= 0.3 is 5.97 Å².